The highest BCUT2D eigenvalue weighted by molar-refractivity contribution is 5.81. The maximum atomic E-state index is 12.8. The molecule has 0 aromatic heterocycles. The lowest BCUT2D eigenvalue weighted by Gasteiger charge is -2.59. The van der Waals surface area contributed by atoms with Crippen LogP contribution in [0, 0.1) is 23.7 Å². The molecule has 6 aliphatic rings. The maximum Gasteiger partial charge on any atom is 0.409 e. The highest BCUT2D eigenvalue weighted by Gasteiger charge is 2.69. The molecule has 2 amide bonds. The number of piperazine rings is 1. The van der Waals surface area contributed by atoms with Crippen LogP contribution in [-0.2, 0) is 38.3 Å². The minimum absolute atomic E-state index is 0.0399. The highest BCUT2D eigenvalue weighted by atomic mass is 17.3. The molecule has 5 aliphatic heterocycles. The van der Waals surface area contributed by atoms with Gasteiger partial charge >= 0.3 is 12.1 Å². The number of fused-ring (bicyclic) bond motifs is 2. The van der Waals surface area contributed by atoms with Crippen LogP contribution in [-0.4, -0.2) is 84.5 Å². The first kappa shape index (κ1) is 26.6. The number of hydrogen-bond donors (Lipinski definition) is 0. The van der Waals surface area contributed by atoms with Crippen LogP contribution < -0.4 is 0 Å². The summed E-state index contributed by atoms with van der Waals surface area (Å²) in [5, 5.41) is 0. The lowest BCUT2D eigenvalue weighted by molar-refractivity contribution is -0.576. The van der Waals surface area contributed by atoms with Gasteiger partial charge in [0.15, 0.2) is 11.9 Å². The Balaban J connectivity index is 1.16. The molecular weight excluding hydrogens is 484 g/mol. The van der Waals surface area contributed by atoms with Gasteiger partial charge in [0.1, 0.15) is 0 Å². The summed E-state index contributed by atoms with van der Waals surface area (Å²) >= 11 is 0. The van der Waals surface area contributed by atoms with Crippen LogP contribution in [0.5, 0.6) is 0 Å². The van der Waals surface area contributed by atoms with E-state index in [4.69, 9.17) is 28.7 Å². The summed E-state index contributed by atoms with van der Waals surface area (Å²) in [6.45, 7) is 9.87. The van der Waals surface area contributed by atoms with Crippen molar-refractivity contribution in [2.24, 2.45) is 23.7 Å². The van der Waals surface area contributed by atoms with Crippen molar-refractivity contribution in [3.05, 3.63) is 0 Å². The molecule has 0 N–H and O–H groups in total. The van der Waals surface area contributed by atoms with E-state index in [1.54, 1.807) is 16.7 Å². The first-order valence-corrected chi connectivity index (χ1v) is 13.8. The van der Waals surface area contributed by atoms with Gasteiger partial charge in [-0.3, -0.25) is 9.59 Å². The monoisotopic (exact) mass is 524 g/mol. The number of carbonyl (C=O) groups is 3. The first-order valence-electron chi connectivity index (χ1n) is 13.8. The number of carbonyl (C=O) groups excluding carboxylic acids is 3. The summed E-state index contributed by atoms with van der Waals surface area (Å²) in [6, 6.07) is 0. The predicted octanol–water partition coefficient (Wildman–Crippen LogP) is 2.82. The Hall–Kier alpha value is -1.95. The van der Waals surface area contributed by atoms with Gasteiger partial charge in [-0.05, 0) is 44.9 Å². The van der Waals surface area contributed by atoms with Crippen molar-refractivity contribution in [1.82, 2.24) is 9.80 Å². The molecule has 0 unspecified atom stereocenters. The molecule has 8 atom stereocenters. The van der Waals surface area contributed by atoms with Gasteiger partial charge < -0.3 is 28.7 Å². The fraction of sp³-hybridized carbons (Fsp3) is 0.885. The minimum Gasteiger partial charge on any atom is -0.450 e. The normalized spacial score (nSPS) is 41.0. The fourth-order valence-electron chi connectivity index (χ4n) is 6.92. The third-order valence-electron chi connectivity index (χ3n) is 9.05. The van der Waals surface area contributed by atoms with E-state index >= 15 is 0 Å². The summed E-state index contributed by atoms with van der Waals surface area (Å²) in [6.07, 6.45) is 1.79. The molecule has 11 heteroatoms. The minimum atomic E-state index is -0.892. The van der Waals surface area contributed by atoms with Crippen molar-refractivity contribution >= 4 is 18.0 Å². The summed E-state index contributed by atoms with van der Waals surface area (Å²) in [5.41, 5.74) is -0.711. The van der Waals surface area contributed by atoms with Crippen molar-refractivity contribution in [3.63, 3.8) is 0 Å². The molecule has 5 saturated heterocycles. The van der Waals surface area contributed by atoms with Gasteiger partial charge in [-0.2, -0.15) is 0 Å². The van der Waals surface area contributed by atoms with Crippen molar-refractivity contribution in [1.29, 1.82) is 0 Å². The standard InChI is InChI=1S/C26H40N2O9/c1-5-32-24(31)28-14-12-27(13-15-28)20(29)8-9-21(30)33-22-17(3)19-7-6-16(2)18-10-11-25(4)35-23(34-22)26(18,19)37-36-25/h16-19,22-23H,5-15H2,1-4H3/t16-,17-,18-,19+,22-,23-,25-,26-/m1/s1. The van der Waals surface area contributed by atoms with Gasteiger partial charge in [0, 0.05) is 50.9 Å². The van der Waals surface area contributed by atoms with E-state index in [2.05, 4.69) is 6.92 Å². The number of amides is 2. The van der Waals surface area contributed by atoms with Crippen LogP contribution in [0.15, 0.2) is 0 Å². The summed E-state index contributed by atoms with van der Waals surface area (Å²) in [5.74, 6) is -0.871. The SMILES string of the molecule is CCOC(=O)N1CCN(C(=O)CCC(=O)O[C@@H]2O[C@@H]3O[C@@]4(C)CC[C@@H]5[C@H](C)CC[C@@H]([C@H]2C)[C@@]35OO4)CC1. The molecule has 1 aliphatic carbocycles. The predicted molar refractivity (Wildman–Crippen MR) is 127 cm³/mol. The lowest BCUT2D eigenvalue weighted by Crippen LogP contribution is -2.70. The van der Waals surface area contributed by atoms with Gasteiger partial charge in [0.25, 0.3) is 0 Å². The second kappa shape index (κ2) is 10.3. The van der Waals surface area contributed by atoms with Crippen molar-refractivity contribution in [2.75, 3.05) is 32.8 Å². The number of esters is 1. The molecule has 1 saturated carbocycles. The Bertz CT molecular complexity index is 893. The van der Waals surface area contributed by atoms with Crippen LogP contribution in [0.2, 0.25) is 0 Å². The molecule has 2 bridgehead atoms. The lowest BCUT2D eigenvalue weighted by atomic mass is 9.58. The molecule has 5 heterocycles. The Kier molecular flexibility index (Phi) is 7.43. The Morgan fingerprint density at radius 2 is 1.68 bits per heavy atom. The number of ether oxygens (including phenoxy) is 4. The van der Waals surface area contributed by atoms with Gasteiger partial charge in [-0.25, -0.2) is 14.6 Å². The zero-order valence-corrected chi connectivity index (χ0v) is 22.3. The van der Waals surface area contributed by atoms with E-state index in [-0.39, 0.29) is 42.6 Å². The molecule has 0 radical (unpaired) electrons. The summed E-state index contributed by atoms with van der Waals surface area (Å²) in [7, 11) is 0. The topological polar surface area (TPSA) is 113 Å². The van der Waals surface area contributed by atoms with Crippen LogP contribution in [0.25, 0.3) is 0 Å². The van der Waals surface area contributed by atoms with E-state index in [0.29, 0.717) is 45.1 Å². The average Bonchev–Trinajstić information content (AvgIpc) is 3.11. The smallest absolute Gasteiger partial charge is 0.409 e. The molecule has 208 valence electrons. The Morgan fingerprint density at radius 3 is 2.41 bits per heavy atom. The third kappa shape index (κ3) is 4.84. The molecule has 37 heavy (non-hydrogen) atoms. The molecule has 0 aromatic carbocycles. The number of nitrogens with zero attached hydrogens (tertiary/aromatic N) is 2. The summed E-state index contributed by atoms with van der Waals surface area (Å²) in [4.78, 5) is 52.5. The number of rotatable bonds is 5. The van der Waals surface area contributed by atoms with E-state index < -0.39 is 29.9 Å². The van der Waals surface area contributed by atoms with Gasteiger partial charge in [-0.15, -0.1) is 0 Å². The molecular formula is C26H40N2O9. The number of hydrogen-bond acceptors (Lipinski definition) is 9. The molecule has 6 fully saturated rings. The Labute approximate surface area is 217 Å². The van der Waals surface area contributed by atoms with Crippen LogP contribution in [0.1, 0.15) is 66.2 Å². The van der Waals surface area contributed by atoms with Crippen LogP contribution >= 0.6 is 0 Å². The van der Waals surface area contributed by atoms with Crippen molar-refractivity contribution in [2.45, 2.75) is 90.2 Å². The van der Waals surface area contributed by atoms with E-state index in [9.17, 15) is 14.4 Å². The first-order chi connectivity index (χ1) is 17.7. The van der Waals surface area contributed by atoms with Crippen molar-refractivity contribution in [3.8, 4) is 0 Å². The fourth-order valence-corrected chi connectivity index (χ4v) is 6.92. The highest BCUT2D eigenvalue weighted by Crippen LogP contribution is 2.60. The average molecular weight is 525 g/mol. The second-order valence-electron chi connectivity index (χ2n) is 11.3. The van der Waals surface area contributed by atoms with E-state index in [1.807, 2.05) is 13.8 Å². The van der Waals surface area contributed by atoms with Gasteiger partial charge in [0.05, 0.1) is 13.0 Å². The largest absolute Gasteiger partial charge is 0.450 e. The Morgan fingerprint density at radius 1 is 0.946 bits per heavy atom. The van der Waals surface area contributed by atoms with E-state index in [1.165, 1.54) is 0 Å². The third-order valence-corrected chi connectivity index (χ3v) is 9.05. The van der Waals surface area contributed by atoms with Gasteiger partial charge in [0.2, 0.25) is 18.0 Å². The van der Waals surface area contributed by atoms with Crippen molar-refractivity contribution < 1.29 is 43.1 Å². The summed E-state index contributed by atoms with van der Waals surface area (Å²) < 4.78 is 23.4. The van der Waals surface area contributed by atoms with E-state index in [0.717, 1.165) is 19.3 Å². The van der Waals surface area contributed by atoms with Gasteiger partial charge in [-0.1, -0.05) is 13.8 Å². The zero-order valence-electron chi connectivity index (χ0n) is 22.3. The molecule has 11 nitrogen and oxygen atoms in total. The maximum absolute atomic E-state index is 12.8. The zero-order chi connectivity index (χ0) is 26.4. The van der Waals surface area contributed by atoms with Crippen LogP contribution in [0.3, 0.4) is 0 Å². The molecule has 0 aromatic rings. The quantitative estimate of drug-likeness (QED) is 0.396. The van der Waals surface area contributed by atoms with Crippen LogP contribution in [0.4, 0.5) is 4.79 Å². The molecule has 6 rings (SSSR count). The second-order valence-corrected chi connectivity index (χ2v) is 11.3. The molecule has 1 spiro atoms.